The van der Waals surface area contributed by atoms with Crippen LogP contribution in [0, 0.1) is 0 Å². The second kappa shape index (κ2) is 7.98. The molecule has 0 aliphatic heterocycles. The monoisotopic (exact) mass is 360 g/mol. The molecular formula is C19H20O5S. The van der Waals surface area contributed by atoms with Crippen molar-refractivity contribution in [2.75, 3.05) is 12.4 Å². The van der Waals surface area contributed by atoms with Crippen LogP contribution < -0.4 is 0 Å². The van der Waals surface area contributed by atoms with Gasteiger partial charge in [-0.3, -0.25) is 0 Å². The van der Waals surface area contributed by atoms with Crippen molar-refractivity contribution in [1.82, 2.24) is 0 Å². The molecular weight excluding hydrogens is 340 g/mol. The molecule has 0 saturated carbocycles. The van der Waals surface area contributed by atoms with E-state index < -0.39 is 15.8 Å². The van der Waals surface area contributed by atoms with E-state index in [4.69, 9.17) is 4.74 Å². The van der Waals surface area contributed by atoms with Crippen molar-refractivity contribution in [2.24, 2.45) is 0 Å². The van der Waals surface area contributed by atoms with Crippen LogP contribution in [-0.4, -0.2) is 31.9 Å². The molecule has 1 N–H and O–H groups in total. The summed E-state index contributed by atoms with van der Waals surface area (Å²) in [5.74, 6) is -0.677. The fourth-order valence-electron chi connectivity index (χ4n) is 2.21. The Labute approximate surface area is 147 Å². The molecule has 132 valence electrons. The van der Waals surface area contributed by atoms with E-state index in [1.807, 2.05) is 18.2 Å². The van der Waals surface area contributed by atoms with Gasteiger partial charge in [0.05, 0.1) is 17.3 Å². The number of aromatic hydroxyl groups is 1. The van der Waals surface area contributed by atoms with Crippen molar-refractivity contribution in [3.8, 4) is 16.9 Å². The molecule has 2 aromatic carbocycles. The lowest BCUT2D eigenvalue weighted by molar-refractivity contribution is -0.138. The fourth-order valence-corrected chi connectivity index (χ4v) is 3.52. The average Bonchev–Trinajstić information content (AvgIpc) is 2.59. The number of phenols is 1. The Balaban J connectivity index is 2.12. The summed E-state index contributed by atoms with van der Waals surface area (Å²) in [5.41, 5.74) is 1.46. The Hall–Kier alpha value is -2.60. The third-order valence-corrected chi connectivity index (χ3v) is 5.35. The molecule has 0 heterocycles. The van der Waals surface area contributed by atoms with Crippen molar-refractivity contribution in [3.63, 3.8) is 0 Å². The molecule has 0 bridgehead atoms. The van der Waals surface area contributed by atoms with Crippen LogP contribution in [0.5, 0.6) is 5.75 Å². The quantitative estimate of drug-likeness (QED) is 0.465. The second-order valence-corrected chi connectivity index (χ2v) is 7.74. The summed E-state index contributed by atoms with van der Waals surface area (Å²) in [5, 5.41) is 10.0. The minimum absolute atomic E-state index is 0.00848. The fraction of sp³-hybridized carbons (Fsp3) is 0.211. The summed E-state index contributed by atoms with van der Waals surface area (Å²) in [7, 11) is -3.55. The van der Waals surface area contributed by atoms with Crippen LogP contribution in [0.4, 0.5) is 0 Å². The first kappa shape index (κ1) is 18.7. The molecule has 0 saturated heterocycles. The van der Waals surface area contributed by atoms with Crippen LogP contribution in [0.15, 0.2) is 65.6 Å². The topological polar surface area (TPSA) is 80.7 Å². The van der Waals surface area contributed by atoms with Gasteiger partial charge in [-0.25, -0.2) is 13.2 Å². The first-order valence-corrected chi connectivity index (χ1v) is 9.40. The van der Waals surface area contributed by atoms with Gasteiger partial charge in [-0.05, 0) is 37.1 Å². The van der Waals surface area contributed by atoms with Crippen LogP contribution >= 0.6 is 0 Å². The molecule has 25 heavy (non-hydrogen) atoms. The van der Waals surface area contributed by atoms with E-state index in [1.165, 1.54) is 25.1 Å². The van der Waals surface area contributed by atoms with E-state index >= 15 is 0 Å². The Morgan fingerprint density at radius 1 is 1.16 bits per heavy atom. The molecule has 0 unspecified atom stereocenters. The lowest BCUT2D eigenvalue weighted by Crippen LogP contribution is -2.12. The number of benzene rings is 2. The summed E-state index contributed by atoms with van der Waals surface area (Å²) < 4.78 is 29.8. The smallest absolute Gasteiger partial charge is 0.333 e. The number of sulfone groups is 1. The SMILES string of the molecule is C=C(C)C(=O)OCCCS(=O)(=O)c1ccc(O)c(-c2ccccc2)c1. The van der Waals surface area contributed by atoms with Gasteiger partial charge in [0.1, 0.15) is 5.75 Å². The highest BCUT2D eigenvalue weighted by molar-refractivity contribution is 7.91. The van der Waals surface area contributed by atoms with Crippen molar-refractivity contribution >= 4 is 15.8 Å². The third kappa shape index (κ3) is 4.93. The van der Waals surface area contributed by atoms with E-state index in [0.717, 1.165) is 5.56 Å². The highest BCUT2D eigenvalue weighted by Crippen LogP contribution is 2.31. The number of hydrogen-bond donors (Lipinski definition) is 1. The third-order valence-electron chi connectivity index (χ3n) is 3.55. The molecule has 0 spiro atoms. The summed E-state index contributed by atoms with van der Waals surface area (Å²) >= 11 is 0. The Morgan fingerprint density at radius 2 is 1.84 bits per heavy atom. The maximum absolute atomic E-state index is 12.5. The lowest BCUT2D eigenvalue weighted by atomic mass is 10.1. The standard InChI is InChI=1S/C19H20O5S/c1-14(2)19(21)24-11-6-12-25(22,23)16-9-10-18(20)17(13-16)15-7-4-3-5-8-15/h3-5,7-10,13,20H,1,6,11-12H2,2H3. The molecule has 0 aliphatic rings. The summed E-state index contributed by atoms with van der Waals surface area (Å²) in [6, 6.07) is 13.3. The molecule has 5 nitrogen and oxygen atoms in total. The number of esters is 1. The lowest BCUT2D eigenvalue weighted by Gasteiger charge is -2.09. The maximum atomic E-state index is 12.5. The van der Waals surface area contributed by atoms with Gasteiger partial charge < -0.3 is 9.84 Å². The first-order valence-electron chi connectivity index (χ1n) is 7.75. The van der Waals surface area contributed by atoms with E-state index in [0.29, 0.717) is 5.56 Å². The van der Waals surface area contributed by atoms with Crippen LogP contribution in [0.2, 0.25) is 0 Å². The molecule has 0 aliphatic carbocycles. The van der Waals surface area contributed by atoms with Crippen molar-refractivity contribution in [2.45, 2.75) is 18.2 Å². The molecule has 2 rings (SSSR count). The molecule has 0 atom stereocenters. The summed E-state index contributed by atoms with van der Waals surface area (Å²) in [6.45, 7) is 5.00. The zero-order valence-corrected chi connectivity index (χ0v) is 14.8. The largest absolute Gasteiger partial charge is 0.507 e. The number of carbonyl (C=O) groups is 1. The number of carbonyl (C=O) groups excluding carboxylic acids is 1. The average molecular weight is 360 g/mol. The highest BCUT2D eigenvalue weighted by Gasteiger charge is 2.17. The predicted molar refractivity (Wildman–Crippen MR) is 96.0 cm³/mol. The molecule has 2 aromatic rings. The first-order chi connectivity index (χ1) is 11.8. The normalized spacial score (nSPS) is 11.1. The predicted octanol–water partition coefficient (Wildman–Crippen LogP) is 3.34. The molecule has 0 aromatic heterocycles. The Bertz CT molecular complexity index is 870. The molecule has 0 amide bonds. The van der Waals surface area contributed by atoms with Crippen molar-refractivity contribution < 1.29 is 23.1 Å². The van der Waals surface area contributed by atoms with Crippen molar-refractivity contribution in [1.29, 1.82) is 0 Å². The summed E-state index contributed by atoms with van der Waals surface area (Å²) in [6.07, 6.45) is 0.183. The molecule has 0 radical (unpaired) electrons. The van der Waals surface area contributed by atoms with Gasteiger partial charge in [-0.15, -0.1) is 0 Å². The van der Waals surface area contributed by atoms with Crippen LogP contribution in [-0.2, 0) is 19.4 Å². The Morgan fingerprint density at radius 3 is 2.48 bits per heavy atom. The zero-order valence-electron chi connectivity index (χ0n) is 13.9. The minimum atomic E-state index is -3.55. The van der Waals surface area contributed by atoms with Gasteiger partial charge in [-0.2, -0.15) is 0 Å². The van der Waals surface area contributed by atoms with Crippen LogP contribution in [0.25, 0.3) is 11.1 Å². The maximum Gasteiger partial charge on any atom is 0.333 e. The zero-order chi connectivity index (χ0) is 18.4. The van der Waals surface area contributed by atoms with Crippen LogP contribution in [0.3, 0.4) is 0 Å². The van der Waals surface area contributed by atoms with E-state index in [9.17, 15) is 18.3 Å². The summed E-state index contributed by atoms with van der Waals surface area (Å²) in [4.78, 5) is 11.4. The number of ether oxygens (including phenoxy) is 1. The Kier molecular flexibility index (Phi) is 5.98. The van der Waals surface area contributed by atoms with E-state index in [2.05, 4.69) is 6.58 Å². The van der Waals surface area contributed by atoms with Gasteiger partial charge in [0.15, 0.2) is 9.84 Å². The van der Waals surface area contributed by atoms with Gasteiger partial charge in [0, 0.05) is 11.1 Å². The van der Waals surface area contributed by atoms with Gasteiger partial charge in [-0.1, -0.05) is 36.9 Å². The number of hydrogen-bond acceptors (Lipinski definition) is 5. The second-order valence-electron chi connectivity index (χ2n) is 5.63. The molecule has 0 fully saturated rings. The van der Waals surface area contributed by atoms with Gasteiger partial charge in [0.25, 0.3) is 0 Å². The number of phenolic OH excluding ortho intramolecular Hbond substituents is 1. The van der Waals surface area contributed by atoms with Gasteiger partial charge >= 0.3 is 5.97 Å². The van der Waals surface area contributed by atoms with Crippen molar-refractivity contribution in [3.05, 3.63) is 60.7 Å². The van der Waals surface area contributed by atoms with E-state index in [-0.39, 0.29) is 35.0 Å². The highest BCUT2D eigenvalue weighted by atomic mass is 32.2. The molecule has 6 heteroatoms. The minimum Gasteiger partial charge on any atom is -0.507 e. The number of rotatable bonds is 7. The van der Waals surface area contributed by atoms with Crippen LogP contribution in [0.1, 0.15) is 13.3 Å². The van der Waals surface area contributed by atoms with Gasteiger partial charge in [0.2, 0.25) is 0 Å². The van der Waals surface area contributed by atoms with E-state index in [1.54, 1.807) is 12.1 Å².